The van der Waals surface area contributed by atoms with E-state index in [0.29, 0.717) is 33.3 Å². The maximum Gasteiger partial charge on any atom is 0.336 e. The van der Waals surface area contributed by atoms with Crippen LogP contribution in [0.3, 0.4) is 0 Å². The number of aromatic hydroxyl groups is 1. The second-order valence-electron chi connectivity index (χ2n) is 8.94. The van der Waals surface area contributed by atoms with E-state index in [2.05, 4.69) is 21.2 Å². The molecule has 1 aliphatic heterocycles. The van der Waals surface area contributed by atoms with E-state index in [4.69, 9.17) is 18.9 Å². The van der Waals surface area contributed by atoms with E-state index in [1.165, 1.54) is 14.2 Å². The number of Topliss-reactive ketones (excluding diaryl/α,β-unsaturated/α-hetero) is 1. The van der Waals surface area contributed by atoms with Gasteiger partial charge in [-0.15, -0.1) is 0 Å². The topological polar surface area (TPSA) is 103 Å². The fourth-order valence-electron chi connectivity index (χ4n) is 5.08. The smallest absolute Gasteiger partial charge is 0.336 e. The molecule has 0 amide bonds. The molecule has 8 nitrogen and oxygen atoms in total. The van der Waals surface area contributed by atoms with Crippen molar-refractivity contribution in [1.29, 1.82) is 0 Å². The van der Waals surface area contributed by atoms with E-state index in [1.807, 2.05) is 24.3 Å². The van der Waals surface area contributed by atoms with Crippen LogP contribution in [0.25, 0.3) is 0 Å². The van der Waals surface area contributed by atoms with Gasteiger partial charge in [-0.1, -0.05) is 18.2 Å². The van der Waals surface area contributed by atoms with Crippen molar-refractivity contribution >= 4 is 27.7 Å². The number of methoxy groups -OCH3 is 3. The lowest BCUT2D eigenvalue weighted by Crippen LogP contribution is -2.36. The van der Waals surface area contributed by atoms with E-state index in [9.17, 15) is 14.7 Å². The Hall–Kier alpha value is -3.30. The Morgan fingerprint density at radius 1 is 1.08 bits per heavy atom. The van der Waals surface area contributed by atoms with Gasteiger partial charge in [0, 0.05) is 42.3 Å². The van der Waals surface area contributed by atoms with Gasteiger partial charge in [0.1, 0.15) is 12.4 Å². The van der Waals surface area contributed by atoms with Crippen molar-refractivity contribution in [2.75, 3.05) is 34.5 Å². The molecule has 0 saturated carbocycles. The van der Waals surface area contributed by atoms with Crippen molar-refractivity contribution in [1.82, 2.24) is 5.32 Å². The van der Waals surface area contributed by atoms with E-state index in [0.717, 1.165) is 17.0 Å². The predicted octanol–water partition coefficient (Wildman–Crippen LogP) is 4.72. The number of ketones is 1. The first-order valence-corrected chi connectivity index (χ1v) is 12.7. The molecule has 9 heteroatoms. The summed E-state index contributed by atoms with van der Waals surface area (Å²) in [6.45, 7) is 2.13. The SMILES string of the molecule is COCCOC(=O)C1=C(C)NC2=C(C(=O)C[C@@H](c3ccccc3OC)C2)[C@H]1c1cc(Br)c(O)c(OC)c1. The highest BCUT2D eigenvalue weighted by Crippen LogP contribution is 2.49. The van der Waals surface area contributed by atoms with Crippen molar-refractivity contribution in [2.45, 2.75) is 31.6 Å². The normalized spacial score (nSPS) is 19.3. The van der Waals surface area contributed by atoms with Gasteiger partial charge in [0.25, 0.3) is 0 Å². The number of benzene rings is 2. The molecule has 37 heavy (non-hydrogen) atoms. The van der Waals surface area contributed by atoms with Crippen LogP contribution in [-0.4, -0.2) is 51.4 Å². The highest BCUT2D eigenvalue weighted by atomic mass is 79.9. The van der Waals surface area contributed by atoms with E-state index >= 15 is 0 Å². The molecular weight excluding hydrogens is 542 g/mol. The summed E-state index contributed by atoms with van der Waals surface area (Å²) < 4.78 is 21.8. The molecule has 1 aliphatic carbocycles. The summed E-state index contributed by atoms with van der Waals surface area (Å²) >= 11 is 3.38. The summed E-state index contributed by atoms with van der Waals surface area (Å²) in [7, 11) is 4.59. The molecule has 2 aliphatic rings. The van der Waals surface area contributed by atoms with Crippen molar-refractivity contribution in [3.05, 3.63) is 74.5 Å². The van der Waals surface area contributed by atoms with Crippen LogP contribution in [0.15, 0.2) is 63.4 Å². The number of esters is 1. The number of rotatable bonds is 8. The second-order valence-corrected chi connectivity index (χ2v) is 9.80. The van der Waals surface area contributed by atoms with Crippen LogP contribution in [0.2, 0.25) is 0 Å². The molecule has 0 unspecified atom stereocenters. The average molecular weight is 572 g/mol. The molecule has 0 aromatic heterocycles. The van der Waals surface area contributed by atoms with Crippen LogP contribution >= 0.6 is 15.9 Å². The van der Waals surface area contributed by atoms with Crippen LogP contribution in [0, 0.1) is 0 Å². The maximum atomic E-state index is 13.8. The molecule has 0 fully saturated rings. The van der Waals surface area contributed by atoms with Crippen molar-refractivity contribution in [3.8, 4) is 17.2 Å². The quantitative estimate of drug-likeness (QED) is 0.346. The highest BCUT2D eigenvalue weighted by molar-refractivity contribution is 9.10. The van der Waals surface area contributed by atoms with Gasteiger partial charge in [-0.2, -0.15) is 0 Å². The van der Waals surface area contributed by atoms with E-state index in [1.54, 1.807) is 26.2 Å². The van der Waals surface area contributed by atoms with E-state index in [-0.39, 0.29) is 42.8 Å². The molecule has 196 valence electrons. The number of ether oxygens (including phenoxy) is 4. The van der Waals surface area contributed by atoms with Gasteiger partial charge in [0.2, 0.25) is 0 Å². The Bertz CT molecular complexity index is 1280. The fourth-order valence-corrected chi connectivity index (χ4v) is 5.54. The summed E-state index contributed by atoms with van der Waals surface area (Å²) in [5.74, 6) is -0.508. The first-order valence-electron chi connectivity index (χ1n) is 11.9. The highest BCUT2D eigenvalue weighted by Gasteiger charge is 2.42. The Labute approximate surface area is 224 Å². The minimum absolute atomic E-state index is 0.0643. The van der Waals surface area contributed by atoms with Crippen molar-refractivity contribution < 1.29 is 33.6 Å². The molecule has 2 N–H and O–H groups in total. The number of halogens is 1. The van der Waals surface area contributed by atoms with Crippen LogP contribution in [0.4, 0.5) is 0 Å². The van der Waals surface area contributed by atoms with Gasteiger partial charge in [0.05, 0.1) is 30.9 Å². The van der Waals surface area contributed by atoms with Gasteiger partial charge in [0.15, 0.2) is 17.3 Å². The first kappa shape index (κ1) is 26.8. The van der Waals surface area contributed by atoms with Crippen molar-refractivity contribution in [2.24, 2.45) is 0 Å². The molecule has 0 bridgehead atoms. The van der Waals surface area contributed by atoms with Gasteiger partial charge in [-0.05, 0) is 58.6 Å². The van der Waals surface area contributed by atoms with Crippen LogP contribution in [0.5, 0.6) is 17.2 Å². The first-order chi connectivity index (χ1) is 17.8. The minimum Gasteiger partial charge on any atom is -0.503 e. The second kappa shape index (κ2) is 11.4. The Balaban J connectivity index is 1.82. The third-order valence-corrected chi connectivity index (χ3v) is 7.36. The Kier molecular flexibility index (Phi) is 8.24. The molecule has 1 heterocycles. The molecule has 0 spiro atoms. The summed E-state index contributed by atoms with van der Waals surface area (Å²) in [4.78, 5) is 27.1. The number of hydrogen-bond donors (Lipinski definition) is 2. The molecule has 2 aromatic rings. The summed E-state index contributed by atoms with van der Waals surface area (Å²) in [6.07, 6.45) is 0.830. The lowest BCUT2D eigenvalue weighted by atomic mass is 9.71. The lowest BCUT2D eigenvalue weighted by molar-refractivity contribution is -0.140. The number of hydrogen-bond acceptors (Lipinski definition) is 8. The number of nitrogens with one attached hydrogen (secondary N) is 1. The number of phenolic OH excluding ortho intramolecular Hbond substituents is 1. The number of allylic oxidation sites excluding steroid dienone is 3. The zero-order valence-corrected chi connectivity index (χ0v) is 22.8. The monoisotopic (exact) mass is 571 g/mol. The van der Waals surface area contributed by atoms with E-state index < -0.39 is 11.9 Å². The lowest BCUT2D eigenvalue weighted by Gasteiger charge is -2.37. The van der Waals surface area contributed by atoms with Crippen LogP contribution in [-0.2, 0) is 19.1 Å². The summed E-state index contributed by atoms with van der Waals surface area (Å²) in [6, 6.07) is 11.1. The average Bonchev–Trinajstić information content (AvgIpc) is 2.89. The van der Waals surface area contributed by atoms with Gasteiger partial charge in [-0.3, -0.25) is 4.79 Å². The number of dihydropyridines is 1. The number of carbonyl (C=O) groups excluding carboxylic acids is 2. The fraction of sp³-hybridized carbons (Fsp3) is 0.357. The summed E-state index contributed by atoms with van der Waals surface area (Å²) in [5.41, 5.74) is 3.78. The van der Waals surface area contributed by atoms with Crippen molar-refractivity contribution in [3.63, 3.8) is 0 Å². The Morgan fingerprint density at radius 2 is 1.81 bits per heavy atom. The molecule has 2 atom stereocenters. The standard InChI is InChI=1S/C28H30BrNO7/c1-15-24(28(33)37-10-9-34-2)25(17-11-19(29)27(32)23(14-17)36-4)26-20(30-15)12-16(13-21(26)31)18-7-5-6-8-22(18)35-3/h5-8,11,14,16,25,30,32H,9-10,12-13H2,1-4H3/t16-,25-/m0/s1. The molecule has 0 saturated heterocycles. The minimum atomic E-state index is -0.705. The van der Waals surface area contributed by atoms with Crippen LogP contribution < -0.4 is 14.8 Å². The van der Waals surface area contributed by atoms with Gasteiger partial charge in [-0.25, -0.2) is 4.79 Å². The Morgan fingerprint density at radius 3 is 2.51 bits per heavy atom. The molecule has 4 rings (SSSR count). The number of para-hydroxylation sites is 1. The number of carbonyl (C=O) groups is 2. The zero-order chi connectivity index (χ0) is 26.7. The van der Waals surface area contributed by atoms with Gasteiger partial charge >= 0.3 is 5.97 Å². The predicted molar refractivity (Wildman–Crippen MR) is 141 cm³/mol. The molecule has 2 aromatic carbocycles. The molecule has 0 radical (unpaired) electrons. The maximum absolute atomic E-state index is 13.8. The third-order valence-electron chi connectivity index (χ3n) is 6.75. The number of phenols is 1. The van der Waals surface area contributed by atoms with Gasteiger partial charge < -0.3 is 29.4 Å². The molecular formula is C28H30BrNO7. The largest absolute Gasteiger partial charge is 0.503 e. The summed E-state index contributed by atoms with van der Waals surface area (Å²) in [5, 5.41) is 13.7. The van der Waals surface area contributed by atoms with Crippen LogP contribution in [0.1, 0.15) is 42.7 Å². The third kappa shape index (κ3) is 5.24. The zero-order valence-electron chi connectivity index (χ0n) is 21.2.